The molecule has 0 radical (unpaired) electrons. The van der Waals surface area contributed by atoms with E-state index in [1.807, 2.05) is 13.0 Å². The molecule has 2 heterocycles. The number of benzene rings is 1. The topological polar surface area (TPSA) is 86.3 Å². The van der Waals surface area contributed by atoms with Crippen LogP contribution in [0.25, 0.3) is 0 Å². The van der Waals surface area contributed by atoms with Crippen molar-refractivity contribution in [3.8, 4) is 0 Å². The molecule has 0 saturated carbocycles. The van der Waals surface area contributed by atoms with Gasteiger partial charge in [0.15, 0.2) is 5.96 Å². The molecule has 0 unspecified atom stereocenters. The van der Waals surface area contributed by atoms with Crippen LogP contribution in [-0.4, -0.2) is 82.6 Å². The fraction of sp³-hybridized carbons (Fsp3) is 0.667. The van der Waals surface area contributed by atoms with Crippen molar-refractivity contribution in [3.63, 3.8) is 0 Å². The Hall–Kier alpha value is -1.68. The Labute approximate surface area is 180 Å². The minimum Gasteiger partial charge on any atom is -0.379 e. The largest absolute Gasteiger partial charge is 0.379 e. The number of morpholine rings is 1. The lowest BCUT2D eigenvalue weighted by molar-refractivity contribution is 0.0389. The molecule has 2 aliphatic heterocycles. The first-order valence-electron chi connectivity index (χ1n) is 11.0. The van der Waals surface area contributed by atoms with Crippen molar-refractivity contribution in [2.75, 3.05) is 59.0 Å². The fourth-order valence-electron chi connectivity index (χ4n) is 3.73. The SMILES string of the molecule is CCNC(=NCc1cccc(S(=O)(=O)N2CCCCC2)c1)NCCN1CCOCC1. The second-order valence-electron chi connectivity index (χ2n) is 7.69. The molecule has 168 valence electrons. The van der Waals surface area contributed by atoms with E-state index in [0.717, 1.165) is 76.7 Å². The quantitative estimate of drug-likeness (QED) is 0.470. The lowest BCUT2D eigenvalue weighted by Gasteiger charge is -2.26. The number of hydrogen-bond acceptors (Lipinski definition) is 5. The summed E-state index contributed by atoms with van der Waals surface area (Å²) in [7, 11) is -3.42. The molecule has 2 N–H and O–H groups in total. The molecule has 1 aromatic carbocycles. The van der Waals surface area contributed by atoms with Gasteiger partial charge in [0.2, 0.25) is 10.0 Å². The minimum atomic E-state index is -3.42. The standard InChI is InChI=1S/C21H35N5O3S/c1-2-22-21(23-9-12-25-13-15-29-16-14-25)24-18-19-7-6-8-20(17-19)30(27,28)26-10-4-3-5-11-26/h6-8,17H,2-5,9-16,18H2,1H3,(H2,22,23,24). The van der Waals surface area contributed by atoms with Crippen molar-refractivity contribution in [2.45, 2.75) is 37.6 Å². The van der Waals surface area contributed by atoms with E-state index in [1.165, 1.54) is 0 Å². The predicted octanol–water partition coefficient (Wildman–Crippen LogP) is 1.25. The van der Waals surface area contributed by atoms with Crippen molar-refractivity contribution in [3.05, 3.63) is 29.8 Å². The fourth-order valence-corrected chi connectivity index (χ4v) is 5.32. The van der Waals surface area contributed by atoms with E-state index in [9.17, 15) is 8.42 Å². The molecular weight excluding hydrogens is 402 g/mol. The second-order valence-corrected chi connectivity index (χ2v) is 9.63. The molecule has 0 amide bonds. The van der Waals surface area contributed by atoms with Crippen LogP contribution in [0.15, 0.2) is 34.2 Å². The van der Waals surface area contributed by atoms with Crippen LogP contribution in [0.5, 0.6) is 0 Å². The molecule has 0 aromatic heterocycles. The van der Waals surface area contributed by atoms with Gasteiger partial charge >= 0.3 is 0 Å². The molecule has 2 aliphatic rings. The van der Waals surface area contributed by atoms with E-state index in [2.05, 4.69) is 20.5 Å². The van der Waals surface area contributed by atoms with Crippen LogP contribution in [0.4, 0.5) is 0 Å². The highest BCUT2D eigenvalue weighted by atomic mass is 32.2. The highest BCUT2D eigenvalue weighted by Crippen LogP contribution is 2.21. The Morgan fingerprint density at radius 1 is 1.10 bits per heavy atom. The molecule has 8 nitrogen and oxygen atoms in total. The summed E-state index contributed by atoms with van der Waals surface area (Å²) in [6, 6.07) is 7.17. The summed E-state index contributed by atoms with van der Waals surface area (Å²) in [6.45, 7) is 9.72. The highest BCUT2D eigenvalue weighted by Gasteiger charge is 2.25. The van der Waals surface area contributed by atoms with Crippen molar-refractivity contribution in [1.82, 2.24) is 19.8 Å². The maximum atomic E-state index is 12.9. The number of ether oxygens (including phenoxy) is 1. The van der Waals surface area contributed by atoms with Crippen LogP contribution in [0.2, 0.25) is 0 Å². The smallest absolute Gasteiger partial charge is 0.243 e. The van der Waals surface area contributed by atoms with Crippen LogP contribution >= 0.6 is 0 Å². The Bertz CT molecular complexity index is 788. The third kappa shape index (κ3) is 6.66. The Balaban J connectivity index is 1.59. The average Bonchev–Trinajstić information content (AvgIpc) is 2.79. The molecular formula is C21H35N5O3S. The summed E-state index contributed by atoms with van der Waals surface area (Å²) in [6.07, 6.45) is 2.98. The summed E-state index contributed by atoms with van der Waals surface area (Å²) in [5.74, 6) is 0.745. The molecule has 3 rings (SSSR count). The van der Waals surface area contributed by atoms with Crippen LogP contribution in [0.1, 0.15) is 31.7 Å². The van der Waals surface area contributed by atoms with E-state index < -0.39 is 10.0 Å². The zero-order chi connectivity index (χ0) is 21.2. The van der Waals surface area contributed by atoms with Crippen LogP contribution in [0.3, 0.4) is 0 Å². The molecule has 0 aliphatic carbocycles. The number of aliphatic imine (C=N–C) groups is 1. The van der Waals surface area contributed by atoms with Crippen molar-refractivity contribution in [2.24, 2.45) is 4.99 Å². The third-order valence-electron chi connectivity index (χ3n) is 5.44. The number of piperidine rings is 1. The maximum Gasteiger partial charge on any atom is 0.243 e. The summed E-state index contributed by atoms with van der Waals surface area (Å²) in [5, 5.41) is 6.62. The lowest BCUT2D eigenvalue weighted by atomic mass is 10.2. The molecule has 0 atom stereocenters. The van der Waals surface area contributed by atoms with E-state index in [1.54, 1.807) is 22.5 Å². The van der Waals surface area contributed by atoms with Crippen molar-refractivity contribution in [1.29, 1.82) is 0 Å². The average molecular weight is 438 g/mol. The van der Waals surface area contributed by atoms with Gasteiger partial charge in [0.1, 0.15) is 0 Å². The van der Waals surface area contributed by atoms with Crippen molar-refractivity contribution < 1.29 is 13.2 Å². The maximum absolute atomic E-state index is 12.9. The van der Waals surface area contributed by atoms with Crippen LogP contribution in [-0.2, 0) is 21.3 Å². The summed E-state index contributed by atoms with van der Waals surface area (Å²) in [5.41, 5.74) is 0.887. The molecule has 2 fully saturated rings. The normalized spacial score (nSPS) is 19.6. The third-order valence-corrected chi connectivity index (χ3v) is 7.33. The first-order valence-corrected chi connectivity index (χ1v) is 12.4. The van der Waals surface area contributed by atoms with E-state index in [4.69, 9.17) is 4.74 Å². The molecule has 0 bridgehead atoms. The number of hydrogen-bond donors (Lipinski definition) is 2. The molecule has 1 aromatic rings. The van der Waals surface area contributed by atoms with Gasteiger partial charge in [0.25, 0.3) is 0 Å². The van der Waals surface area contributed by atoms with Gasteiger partial charge in [-0.2, -0.15) is 4.31 Å². The van der Waals surface area contributed by atoms with Gasteiger partial charge in [0.05, 0.1) is 24.7 Å². The van der Waals surface area contributed by atoms with Crippen LogP contribution < -0.4 is 10.6 Å². The van der Waals surface area contributed by atoms with E-state index >= 15 is 0 Å². The van der Waals surface area contributed by atoms with Gasteiger partial charge in [-0.1, -0.05) is 18.6 Å². The van der Waals surface area contributed by atoms with Crippen molar-refractivity contribution >= 4 is 16.0 Å². The Morgan fingerprint density at radius 2 is 1.87 bits per heavy atom. The predicted molar refractivity (Wildman–Crippen MR) is 119 cm³/mol. The number of nitrogens with zero attached hydrogens (tertiary/aromatic N) is 3. The van der Waals surface area contributed by atoms with Gasteiger partial charge in [-0.05, 0) is 37.5 Å². The zero-order valence-corrected chi connectivity index (χ0v) is 18.8. The Morgan fingerprint density at radius 3 is 2.60 bits per heavy atom. The van der Waals surface area contributed by atoms with Gasteiger partial charge in [-0.3, -0.25) is 4.90 Å². The number of sulfonamides is 1. The van der Waals surface area contributed by atoms with E-state index in [-0.39, 0.29) is 0 Å². The first-order chi connectivity index (χ1) is 14.6. The molecule has 30 heavy (non-hydrogen) atoms. The molecule has 0 spiro atoms. The number of rotatable bonds is 8. The Kier molecular flexibility index (Phi) is 8.92. The second kappa shape index (κ2) is 11.6. The highest BCUT2D eigenvalue weighted by molar-refractivity contribution is 7.89. The van der Waals surface area contributed by atoms with E-state index in [0.29, 0.717) is 24.5 Å². The molecule has 2 saturated heterocycles. The monoisotopic (exact) mass is 437 g/mol. The van der Waals surface area contributed by atoms with Gasteiger partial charge < -0.3 is 15.4 Å². The minimum absolute atomic E-state index is 0.363. The van der Waals surface area contributed by atoms with Gasteiger partial charge in [-0.25, -0.2) is 13.4 Å². The van der Waals surface area contributed by atoms with Gasteiger partial charge in [0, 0.05) is 45.8 Å². The lowest BCUT2D eigenvalue weighted by Crippen LogP contribution is -2.44. The van der Waals surface area contributed by atoms with Crippen LogP contribution in [0, 0.1) is 0 Å². The summed E-state index contributed by atoms with van der Waals surface area (Å²) >= 11 is 0. The number of guanidine groups is 1. The summed E-state index contributed by atoms with van der Waals surface area (Å²) in [4.78, 5) is 7.38. The molecule has 9 heteroatoms. The zero-order valence-electron chi connectivity index (χ0n) is 18.0. The van der Waals surface area contributed by atoms with Gasteiger partial charge in [-0.15, -0.1) is 0 Å². The first kappa shape index (κ1) is 23.0. The summed E-state index contributed by atoms with van der Waals surface area (Å²) < 4.78 is 32.8. The number of nitrogens with one attached hydrogen (secondary N) is 2.